The van der Waals surface area contributed by atoms with Crippen molar-refractivity contribution in [2.75, 3.05) is 5.73 Å². The summed E-state index contributed by atoms with van der Waals surface area (Å²) in [5.74, 6) is -1.13. The summed E-state index contributed by atoms with van der Waals surface area (Å²) in [5, 5.41) is 0.138. The fourth-order valence-corrected chi connectivity index (χ4v) is 2.54. The van der Waals surface area contributed by atoms with E-state index in [1.165, 1.54) is 24.3 Å². The van der Waals surface area contributed by atoms with Gasteiger partial charge in [0.2, 0.25) is 0 Å². The van der Waals surface area contributed by atoms with E-state index in [1.807, 2.05) is 0 Å². The lowest BCUT2D eigenvalue weighted by atomic mass is 10.1. The molecule has 0 aliphatic heterocycles. The number of benzene rings is 1. The average molecular weight is 344 g/mol. The molecule has 2 rings (SSSR count). The van der Waals surface area contributed by atoms with Crippen molar-refractivity contribution in [3.8, 4) is 5.75 Å². The smallest absolute Gasteiger partial charge is 0.267 e. The van der Waals surface area contributed by atoms with Crippen molar-refractivity contribution < 1.29 is 13.9 Å². The second-order valence-electron chi connectivity index (χ2n) is 4.46. The van der Waals surface area contributed by atoms with Crippen molar-refractivity contribution in [1.82, 2.24) is 4.98 Å². The Morgan fingerprint density at radius 3 is 2.59 bits per heavy atom. The van der Waals surface area contributed by atoms with Crippen LogP contribution in [0.15, 0.2) is 24.3 Å². The summed E-state index contributed by atoms with van der Waals surface area (Å²) >= 11 is 11.9. The quantitative estimate of drug-likeness (QED) is 0.832. The number of aromatic nitrogens is 1. The van der Waals surface area contributed by atoms with Gasteiger partial charge < -0.3 is 16.2 Å². The molecule has 22 heavy (non-hydrogen) atoms. The van der Waals surface area contributed by atoms with Gasteiger partial charge in [-0.05, 0) is 31.2 Å². The van der Waals surface area contributed by atoms with Crippen molar-refractivity contribution >= 4 is 34.9 Å². The highest BCUT2D eigenvalue weighted by atomic mass is 35.5. The van der Waals surface area contributed by atoms with Gasteiger partial charge in [-0.1, -0.05) is 23.2 Å². The van der Waals surface area contributed by atoms with Gasteiger partial charge in [0, 0.05) is 10.6 Å². The highest BCUT2D eigenvalue weighted by molar-refractivity contribution is 6.36. The standard InChI is InChI=1S/C14H12Cl2FN3O2/c1-6(11-7(15)2-3-8(17)12(11)16)22-10-5-4-9(14(19)21)20-13(10)18/h2-6H,1H3,(H2,18,20)(H2,19,21). The molecule has 0 spiro atoms. The normalized spacial score (nSPS) is 12.0. The number of anilines is 1. The number of hydrogen-bond donors (Lipinski definition) is 2. The molecule has 0 fully saturated rings. The fourth-order valence-electron chi connectivity index (χ4n) is 1.86. The zero-order valence-electron chi connectivity index (χ0n) is 11.4. The lowest BCUT2D eigenvalue weighted by Gasteiger charge is -2.18. The summed E-state index contributed by atoms with van der Waals surface area (Å²) < 4.78 is 19.2. The highest BCUT2D eigenvalue weighted by Crippen LogP contribution is 2.35. The first-order valence-electron chi connectivity index (χ1n) is 6.17. The van der Waals surface area contributed by atoms with Gasteiger partial charge in [0.15, 0.2) is 11.6 Å². The molecule has 1 aromatic heterocycles. The Balaban J connectivity index is 2.32. The number of primary amides is 1. The molecule has 0 aliphatic carbocycles. The second kappa shape index (κ2) is 6.37. The Morgan fingerprint density at radius 2 is 2.00 bits per heavy atom. The molecule has 0 aliphatic rings. The van der Waals surface area contributed by atoms with Crippen LogP contribution >= 0.6 is 23.2 Å². The number of amides is 1. The van der Waals surface area contributed by atoms with Crippen LogP contribution in [0.1, 0.15) is 29.1 Å². The van der Waals surface area contributed by atoms with Crippen molar-refractivity contribution in [3.63, 3.8) is 0 Å². The van der Waals surface area contributed by atoms with E-state index in [1.54, 1.807) is 6.92 Å². The Morgan fingerprint density at radius 1 is 1.32 bits per heavy atom. The third-order valence-electron chi connectivity index (χ3n) is 2.93. The van der Waals surface area contributed by atoms with Crippen LogP contribution in [0.5, 0.6) is 5.75 Å². The molecule has 5 nitrogen and oxygen atoms in total. The predicted molar refractivity (Wildman–Crippen MR) is 82.6 cm³/mol. The molecule has 1 amide bonds. The first-order chi connectivity index (χ1) is 10.3. The molecule has 8 heteroatoms. The number of carbonyl (C=O) groups excluding carboxylic acids is 1. The summed E-state index contributed by atoms with van der Waals surface area (Å²) in [6.07, 6.45) is -0.681. The number of carbonyl (C=O) groups is 1. The van der Waals surface area contributed by atoms with E-state index in [2.05, 4.69) is 4.98 Å². The minimum absolute atomic E-state index is 0.0133. The summed E-state index contributed by atoms with van der Waals surface area (Å²) in [7, 11) is 0. The Hall–Kier alpha value is -2.05. The van der Waals surface area contributed by atoms with E-state index in [9.17, 15) is 9.18 Å². The number of hydrogen-bond acceptors (Lipinski definition) is 4. The summed E-state index contributed by atoms with van der Waals surface area (Å²) in [6, 6.07) is 5.36. The topological polar surface area (TPSA) is 91.2 Å². The Labute approximate surface area is 136 Å². The maximum Gasteiger partial charge on any atom is 0.267 e. The molecule has 0 bridgehead atoms. The van der Waals surface area contributed by atoms with Gasteiger partial charge in [-0.3, -0.25) is 4.79 Å². The SMILES string of the molecule is CC(Oc1ccc(C(N)=O)nc1N)c1c(Cl)ccc(F)c1Cl. The van der Waals surface area contributed by atoms with Crippen molar-refractivity contribution in [2.45, 2.75) is 13.0 Å². The zero-order valence-corrected chi connectivity index (χ0v) is 13.0. The van der Waals surface area contributed by atoms with Crippen LogP contribution in [0, 0.1) is 5.82 Å². The van der Waals surface area contributed by atoms with Crippen molar-refractivity contribution in [3.05, 3.63) is 51.4 Å². The number of nitrogens with two attached hydrogens (primary N) is 2. The third-order valence-corrected chi connectivity index (χ3v) is 3.64. The largest absolute Gasteiger partial charge is 0.482 e. The van der Waals surface area contributed by atoms with Gasteiger partial charge >= 0.3 is 0 Å². The number of pyridine rings is 1. The maximum atomic E-state index is 13.5. The third kappa shape index (κ3) is 3.23. The van der Waals surface area contributed by atoms with Crippen LogP contribution in [-0.2, 0) is 0 Å². The van der Waals surface area contributed by atoms with E-state index in [0.717, 1.165) is 0 Å². The van der Waals surface area contributed by atoms with Crippen LogP contribution in [0.3, 0.4) is 0 Å². The average Bonchev–Trinajstić information content (AvgIpc) is 2.45. The molecule has 4 N–H and O–H groups in total. The molecule has 116 valence electrons. The minimum atomic E-state index is -0.706. The molecule has 1 unspecified atom stereocenters. The van der Waals surface area contributed by atoms with Crippen LogP contribution in [0.4, 0.5) is 10.2 Å². The highest BCUT2D eigenvalue weighted by Gasteiger charge is 2.20. The van der Waals surface area contributed by atoms with E-state index in [-0.39, 0.29) is 27.3 Å². The monoisotopic (exact) mass is 343 g/mol. The second-order valence-corrected chi connectivity index (χ2v) is 5.25. The minimum Gasteiger partial charge on any atom is -0.482 e. The molecule has 0 saturated heterocycles. The van der Waals surface area contributed by atoms with E-state index in [0.29, 0.717) is 5.56 Å². The van der Waals surface area contributed by atoms with Crippen LogP contribution in [0.2, 0.25) is 10.0 Å². The first kappa shape index (κ1) is 16.3. The van der Waals surface area contributed by atoms with Crippen molar-refractivity contribution in [2.24, 2.45) is 5.73 Å². The zero-order chi connectivity index (χ0) is 16.4. The number of nitrogen functional groups attached to an aromatic ring is 1. The summed E-state index contributed by atoms with van der Waals surface area (Å²) in [6.45, 7) is 1.63. The molecular weight excluding hydrogens is 332 g/mol. The maximum absolute atomic E-state index is 13.5. The lowest BCUT2D eigenvalue weighted by Crippen LogP contribution is -2.15. The van der Waals surface area contributed by atoms with Gasteiger partial charge in [0.1, 0.15) is 17.6 Å². The van der Waals surface area contributed by atoms with Crippen LogP contribution < -0.4 is 16.2 Å². The van der Waals surface area contributed by atoms with Gasteiger partial charge in [-0.15, -0.1) is 0 Å². The number of rotatable bonds is 4. The Kier molecular flexibility index (Phi) is 4.73. The van der Waals surface area contributed by atoms with Gasteiger partial charge in [0.05, 0.1) is 5.02 Å². The summed E-state index contributed by atoms with van der Waals surface area (Å²) in [5.41, 5.74) is 11.1. The predicted octanol–water partition coefficient (Wildman–Crippen LogP) is 3.35. The van der Waals surface area contributed by atoms with E-state index in [4.69, 9.17) is 39.4 Å². The van der Waals surface area contributed by atoms with E-state index >= 15 is 0 Å². The fraction of sp³-hybridized carbons (Fsp3) is 0.143. The molecule has 1 heterocycles. The lowest BCUT2D eigenvalue weighted by molar-refractivity contribution is 0.0995. The molecule has 0 saturated carbocycles. The molecule has 1 aromatic carbocycles. The van der Waals surface area contributed by atoms with Gasteiger partial charge in [0.25, 0.3) is 5.91 Å². The molecule has 0 radical (unpaired) electrons. The number of ether oxygens (including phenoxy) is 1. The van der Waals surface area contributed by atoms with E-state index < -0.39 is 17.8 Å². The summed E-state index contributed by atoms with van der Waals surface area (Å²) in [4.78, 5) is 14.8. The molecule has 2 aromatic rings. The first-order valence-corrected chi connectivity index (χ1v) is 6.93. The number of nitrogens with zero attached hydrogens (tertiary/aromatic N) is 1. The van der Waals surface area contributed by atoms with Gasteiger partial charge in [-0.2, -0.15) is 0 Å². The molecular formula is C14H12Cl2FN3O2. The van der Waals surface area contributed by atoms with Gasteiger partial charge in [-0.25, -0.2) is 9.37 Å². The molecule has 1 atom stereocenters. The van der Waals surface area contributed by atoms with Crippen LogP contribution in [0.25, 0.3) is 0 Å². The van der Waals surface area contributed by atoms with Crippen LogP contribution in [-0.4, -0.2) is 10.9 Å². The van der Waals surface area contributed by atoms with Crippen molar-refractivity contribution in [1.29, 1.82) is 0 Å². The number of halogens is 3. The Bertz CT molecular complexity index is 740.